The highest BCUT2D eigenvalue weighted by atomic mass is 35.5. The minimum atomic E-state index is -0.561. The molecule has 0 radical (unpaired) electrons. The molecule has 194 valence electrons. The lowest BCUT2D eigenvalue weighted by molar-refractivity contribution is 0.0203. The number of hydrogen-bond acceptors (Lipinski definition) is 5. The summed E-state index contributed by atoms with van der Waals surface area (Å²) in [6.07, 6.45) is 2.56. The van der Waals surface area contributed by atoms with Gasteiger partial charge in [-0.15, -0.1) is 0 Å². The summed E-state index contributed by atoms with van der Waals surface area (Å²) in [5.74, 6) is -0.333. The van der Waals surface area contributed by atoms with Gasteiger partial charge in [0.1, 0.15) is 5.60 Å². The number of nitrogens with zero attached hydrogens (tertiary/aromatic N) is 3. The van der Waals surface area contributed by atoms with Gasteiger partial charge in [-0.05, 0) is 89.1 Å². The van der Waals surface area contributed by atoms with E-state index in [-0.39, 0.29) is 23.7 Å². The number of carbonyl (C=O) groups excluding carboxylic acids is 3. The summed E-state index contributed by atoms with van der Waals surface area (Å²) in [6, 6.07) is 14.1. The lowest BCUT2D eigenvalue weighted by Gasteiger charge is -2.34. The molecule has 1 fully saturated rings. The maximum Gasteiger partial charge on any atom is 0.410 e. The first-order valence-electron chi connectivity index (χ1n) is 12.3. The molecular formula is C28H31ClN4O4. The lowest BCUT2D eigenvalue weighted by Crippen LogP contribution is -2.41. The van der Waals surface area contributed by atoms with E-state index in [4.69, 9.17) is 16.3 Å². The van der Waals surface area contributed by atoms with Gasteiger partial charge in [0.05, 0.1) is 23.1 Å². The Balaban J connectivity index is 1.60. The maximum absolute atomic E-state index is 13.4. The van der Waals surface area contributed by atoms with Crippen molar-refractivity contribution in [2.75, 3.05) is 18.4 Å². The zero-order chi connectivity index (χ0) is 26.7. The number of halogens is 1. The predicted octanol–water partition coefficient (Wildman–Crippen LogP) is 6.10. The Morgan fingerprint density at radius 2 is 1.62 bits per heavy atom. The van der Waals surface area contributed by atoms with Gasteiger partial charge in [0.15, 0.2) is 5.78 Å². The second-order valence-electron chi connectivity index (χ2n) is 10.2. The van der Waals surface area contributed by atoms with Crippen molar-refractivity contribution < 1.29 is 19.1 Å². The molecule has 2 heterocycles. The first-order valence-corrected chi connectivity index (χ1v) is 12.6. The third-order valence-electron chi connectivity index (χ3n) is 6.20. The Morgan fingerprint density at radius 3 is 2.19 bits per heavy atom. The van der Waals surface area contributed by atoms with Crippen molar-refractivity contribution in [3.63, 3.8) is 0 Å². The molecule has 8 nitrogen and oxygen atoms in total. The summed E-state index contributed by atoms with van der Waals surface area (Å²) in [6.45, 7) is 8.07. The highest BCUT2D eigenvalue weighted by Gasteiger charge is 2.32. The van der Waals surface area contributed by atoms with Crippen molar-refractivity contribution in [3.05, 3.63) is 76.6 Å². The van der Waals surface area contributed by atoms with Crippen molar-refractivity contribution in [3.8, 4) is 5.69 Å². The van der Waals surface area contributed by atoms with E-state index in [1.807, 2.05) is 32.9 Å². The summed E-state index contributed by atoms with van der Waals surface area (Å²) < 4.78 is 7.31. The van der Waals surface area contributed by atoms with E-state index in [0.717, 1.165) is 11.4 Å². The number of benzene rings is 2. The number of carbonyl (C=O) groups is 3. The van der Waals surface area contributed by atoms with Gasteiger partial charge in [0, 0.05) is 35.3 Å². The van der Waals surface area contributed by atoms with Crippen LogP contribution in [0.2, 0.25) is 5.02 Å². The molecule has 37 heavy (non-hydrogen) atoms. The van der Waals surface area contributed by atoms with Crippen LogP contribution >= 0.6 is 11.6 Å². The molecular weight excluding hydrogens is 492 g/mol. The molecule has 2 amide bonds. The van der Waals surface area contributed by atoms with E-state index in [9.17, 15) is 14.4 Å². The topological polar surface area (TPSA) is 93.5 Å². The number of amides is 2. The summed E-state index contributed by atoms with van der Waals surface area (Å²) in [5, 5.41) is 8.08. The van der Waals surface area contributed by atoms with Gasteiger partial charge in [-0.3, -0.25) is 9.59 Å². The summed E-state index contributed by atoms with van der Waals surface area (Å²) >= 11 is 6.09. The highest BCUT2D eigenvalue weighted by Crippen LogP contribution is 2.33. The Bertz CT molecular complexity index is 1290. The molecule has 0 saturated carbocycles. The fourth-order valence-electron chi connectivity index (χ4n) is 4.36. The average molecular weight is 523 g/mol. The van der Waals surface area contributed by atoms with Gasteiger partial charge in [0.25, 0.3) is 5.91 Å². The predicted molar refractivity (Wildman–Crippen MR) is 143 cm³/mol. The van der Waals surface area contributed by atoms with Crippen LogP contribution in [-0.2, 0) is 4.74 Å². The van der Waals surface area contributed by atoms with Crippen LogP contribution < -0.4 is 5.32 Å². The minimum Gasteiger partial charge on any atom is -0.444 e. The van der Waals surface area contributed by atoms with E-state index < -0.39 is 5.60 Å². The van der Waals surface area contributed by atoms with E-state index >= 15 is 0 Å². The summed E-state index contributed by atoms with van der Waals surface area (Å²) in [7, 11) is 0. The molecule has 2 aromatic carbocycles. The van der Waals surface area contributed by atoms with E-state index in [0.29, 0.717) is 47.8 Å². The molecule has 1 saturated heterocycles. The van der Waals surface area contributed by atoms with Gasteiger partial charge in [-0.1, -0.05) is 11.6 Å². The highest BCUT2D eigenvalue weighted by molar-refractivity contribution is 6.30. The molecule has 1 N–H and O–H groups in total. The maximum atomic E-state index is 13.4. The fourth-order valence-corrected chi connectivity index (χ4v) is 4.49. The number of piperidine rings is 1. The molecule has 0 atom stereocenters. The minimum absolute atomic E-state index is 0.00213. The number of aromatic nitrogens is 2. The first-order chi connectivity index (χ1) is 17.5. The van der Waals surface area contributed by atoms with E-state index in [1.54, 1.807) is 52.2 Å². The van der Waals surface area contributed by atoms with Crippen LogP contribution in [0.1, 0.15) is 72.9 Å². The van der Waals surface area contributed by atoms with Crippen LogP contribution in [0, 0.1) is 0 Å². The normalized spacial score (nSPS) is 14.4. The summed E-state index contributed by atoms with van der Waals surface area (Å²) in [5.41, 5.74) is 2.63. The summed E-state index contributed by atoms with van der Waals surface area (Å²) in [4.78, 5) is 39.2. The van der Waals surface area contributed by atoms with Crippen LogP contribution in [-0.4, -0.2) is 51.2 Å². The van der Waals surface area contributed by atoms with Gasteiger partial charge in [0.2, 0.25) is 0 Å². The molecule has 0 unspecified atom stereocenters. The van der Waals surface area contributed by atoms with Crippen molar-refractivity contribution in [2.24, 2.45) is 0 Å². The number of rotatable bonds is 5. The number of anilines is 1. The Morgan fingerprint density at radius 1 is 1.00 bits per heavy atom. The largest absolute Gasteiger partial charge is 0.444 e. The standard InChI is InChI=1S/C28H31ClN4O4/c1-18(34)19-5-9-22(10-6-19)31-26(35)24-17-30-33(23-11-7-21(29)8-12-23)25(24)20-13-15-32(16-14-20)27(36)37-28(2,3)4/h5-12,17,20H,13-16H2,1-4H3,(H,31,35). The molecule has 0 bridgehead atoms. The van der Waals surface area contributed by atoms with E-state index in [1.165, 1.54) is 6.92 Å². The van der Waals surface area contributed by atoms with Crippen molar-refractivity contribution >= 4 is 35.1 Å². The number of Topliss-reactive ketones (excluding diaryl/α,β-unsaturated/α-hetero) is 1. The monoisotopic (exact) mass is 522 g/mol. The van der Waals surface area contributed by atoms with Crippen LogP contribution in [0.3, 0.4) is 0 Å². The number of likely N-dealkylation sites (tertiary alicyclic amines) is 1. The number of ether oxygens (including phenoxy) is 1. The van der Waals surface area contributed by atoms with Crippen molar-refractivity contribution in [1.29, 1.82) is 0 Å². The Labute approximate surface area is 221 Å². The molecule has 9 heteroatoms. The van der Waals surface area contributed by atoms with Crippen LogP contribution in [0.25, 0.3) is 5.69 Å². The second-order valence-corrected chi connectivity index (χ2v) is 10.6. The number of hydrogen-bond donors (Lipinski definition) is 1. The molecule has 1 aliphatic heterocycles. The first kappa shape index (κ1) is 26.4. The van der Waals surface area contributed by atoms with Crippen molar-refractivity contribution in [2.45, 2.75) is 52.1 Å². The van der Waals surface area contributed by atoms with Gasteiger partial charge in [-0.2, -0.15) is 5.10 Å². The van der Waals surface area contributed by atoms with Gasteiger partial charge >= 0.3 is 6.09 Å². The zero-order valence-corrected chi connectivity index (χ0v) is 22.2. The molecule has 0 spiro atoms. The second kappa shape index (κ2) is 10.8. The zero-order valence-electron chi connectivity index (χ0n) is 21.5. The van der Waals surface area contributed by atoms with Crippen LogP contribution in [0.5, 0.6) is 0 Å². The quantitative estimate of drug-likeness (QED) is 0.409. The van der Waals surface area contributed by atoms with Crippen LogP contribution in [0.15, 0.2) is 54.7 Å². The fraction of sp³-hybridized carbons (Fsp3) is 0.357. The smallest absolute Gasteiger partial charge is 0.410 e. The molecule has 1 aliphatic rings. The third-order valence-corrected chi connectivity index (χ3v) is 6.46. The lowest BCUT2D eigenvalue weighted by atomic mass is 9.90. The van der Waals surface area contributed by atoms with Gasteiger partial charge < -0.3 is 15.0 Å². The molecule has 4 rings (SSSR count). The SMILES string of the molecule is CC(=O)c1ccc(NC(=O)c2cnn(-c3ccc(Cl)cc3)c2C2CCN(C(=O)OC(C)(C)C)CC2)cc1. The van der Waals surface area contributed by atoms with Gasteiger partial charge in [-0.25, -0.2) is 9.48 Å². The molecule has 3 aromatic rings. The van der Waals surface area contributed by atoms with E-state index in [2.05, 4.69) is 10.4 Å². The Hall–Kier alpha value is -3.65. The molecule has 1 aromatic heterocycles. The van der Waals surface area contributed by atoms with Crippen LogP contribution in [0.4, 0.5) is 10.5 Å². The number of nitrogens with one attached hydrogen (secondary N) is 1. The third kappa shape index (κ3) is 6.38. The average Bonchev–Trinajstić information content (AvgIpc) is 3.29. The Kier molecular flexibility index (Phi) is 7.68. The van der Waals surface area contributed by atoms with Crippen molar-refractivity contribution in [1.82, 2.24) is 14.7 Å². The number of ketones is 1. The molecule has 0 aliphatic carbocycles.